The molecule has 0 spiro atoms. The molecule has 1 aromatic carbocycles. The highest BCUT2D eigenvalue weighted by molar-refractivity contribution is 6.25. The highest BCUT2D eigenvalue weighted by Gasteiger charge is 2.27. The van der Waals surface area contributed by atoms with Gasteiger partial charge in [-0.3, -0.25) is 14.9 Å². The van der Waals surface area contributed by atoms with Gasteiger partial charge in [0.15, 0.2) is 0 Å². The zero-order chi connectivity index (χ0) is 15.8. The molecule has 0 aliphatic rings. The summed E-state index contributed by atoms with van der Waals surface area (Å²) < 4.78 is 4.81. The minimum absolute atomic E-state index is 0.104. The average molecular weight is 292 g/mol. The third kappa shape index (κ3) is 4.13. The van der Waals surface area contributed by atoms with Gasteiger partial charge in [-0.25, -0.2) is 4.79 Å². The number of nitrogens with zero attached hydrogens (tertiary/aromatic N) is 1. The predicted octanol–water partition coefficient (Wildman–Crippen LogP) is 1.83. The summed E-state index contributed by atoms with van der Waals surface area (Å²) in [4.78, 5) is 34.5. The van der Waals surface area contributed by atoms with Gasteiger partial charge in [-0.05, 0) is 19.9 Å². The maximum absolute atomic E-state index is 12.4. The van der Waals surface area contributed by atoms with Crippen molar-refractivity contribution >= 4 is 17.4 Å². The van der Waals surface area contributed by atoms with Crippen molar-refractivity contribution < 1.29 is 19.2 Å². The molecule has 0 radical (unpaired) electrons. The highest BCUT2D eigenvalue weighted by atomic mass is 16.6. The van der Waals surface area contributed by atoms with Crippen molar-refractivity contribution in [2.75, 3.05) is 13.2 Å². The zero-order valence-electron chi connectivity index (χ0n) is 11.8. The lowest BCUT2D eigenvalue weighted by Gasteiger charge is -2.07. The van der Waals surface area contributed by atoms with Crippen molar-refractivity contribution in [3.8, 4) is 0 Å². The quantitative estimate of drug-likeness (QED) is 0.157. The Bertz CT molecular complexity index is 580. The Morgan fingerprint density at radius 1 is 1.33 bits per heavy atom. The highest BCUT2D eigenvalue weighted by Crippen LogP contribution is 2.21. The molecule has 0 aliphatic heterocycles. The van der Waals surface area contributed by atoms with Gasteiger partial charge in [0.05, 0.1) is 11.5 Å². The summed E-state index contributed by atoms with van der Waals surface area (Å²) in [5, 5.41) is 13.7. The van der Waals surface area contributed by atoms with Crippen molar-refractivity contribution in [1.29, 1.82) is 0 Å². The summed E-state index contributed by atoms with van der Waals surface area (Å²) in [5.41, 5.74) is -0.776. The summed E-state index contributed by atoms with van der Waals surface area (Å²) in [6, 6.07) is 5.46. The Labute approximate surface area is 121 Å². The molecule has 1 N–H and O–H groups in total. The second kappa shape index (κ2) is 7.78. The summed E-state index contributed by atoms with van der Waals surface area (Å²) in [6.07, 6.45) is 1.22. The number of nitro groups is 1. The molecule has 21 heavy (non-hydrogen) atoms. The molecule has 7 heteroatoms. The van der Waals surface area contributed by atoms with E-state index in [1.807, 2.05) is 0 Å². The van der Waals surface area contributed by atoms with Gasteiger partial charge < -0.3 is 10.1 Å². The minimum atomic E-state index is -0.818. The number of para-hydroxylation sites is 1. The predicted molar refractivity (Wildman–Crippen MR) is 75.8 cm³/mol. The van der Waals surface area contributed by atoms with Crippen LogP contribution < -0.4 is 5.32 Å². The third-order valence-corrected chi connectivity index (χ3v) is 2.54. The van der Waals surface area contributed by atoms with Gasteiger partial charge in [0.2, 0.25) is 5.78 Å². The number of hydrogen-bond donors (Lipinski definition) is 1. The van der Waals surface area contributed by atoms with Gasteiger partial charge in [0.25, 0.3) is 5.69 Å². The van der Waals surface area contributed by atoms with E-state index in [4.69, 9.17) is 4.74 Å². The van der Waals surface area contributed by atoms with E-state index in [1.54, 1.807) is 13.8 Å². The number of nitrogens with one attached hydrogen (secondary N) is 1. The van der Waals surface area contributed by atoms with Gasteiger partial charge >= 0.3 is 5.97 Å². The van der Waals surface area contributed by atoms with Gasteiger partial charge in [0, 0.05) is 18.8 Å². The molecule has 0 saturated heterocycles. The first-order valence-corrected chi connectivity index (χ1v) is 6.41. The average Bonchev–Trinajstić information content (AvgIpc) is 2.47. The number of esters is 1. The Kier molecular flexibility index (Phi) is 6.06. The topological polar surface area (TPSA) is 98.5 Å². The minimum Gasteiger partial charge on any atom is -0.462 e. The molecule has 1 rings (SSSR count). The molecule has 0 atom stereocenters. The fraction of sp³-hybridized carbons (Fsp3) is 0.286. The number of carbonyl (C=O) groups excluding carboxylic acids is 2. The first-order chi connectivity index (χ1) is 10.0. The fourth-order valence-corrected chi connectivity index (χ4v) is 1.60. The smallest absolute Gasteiger partial charge is 0.343 e. The molecule has 0 unspecified atom stereocenters. The molecule has 0 saturated carbocycles. The molecule has 0 heterocycles. The Morgan fingerprint density at radius 2 is 2.00 bits per heavy atom. The van der Waals surface area contributed by atoms with E-state index >= 15 is 0 Å². The van der Waals surface area contributed by atoms with Crippen LogP contribution in [-0.4, -0.2) is 29.8 Å². The third-order valence-electron chi connectivity index (χ3n) is 2.54. The lowest BCUT2D eigenvalue weighted by atomic mass is 10.0. The number of Topliss-reactive ketones (excluding diaryl/α,β-unsaturated/α-hetero) is 1. The molecule has 0 bridgehead atoms. The fourth-order valence-electron chi connectivity index (χ4n) is 1.60. The van der Waals surface area contributed by atoms with Crippen LogP contribution in [-0.2, 0) is 9.53 Å². The molecule has 0 aliphatic carbocycles. The van der Waals surface area contributed by atoms with Crippen LogP contribution in [0.25, 0.3) is 0 Å². The van der Waals surface area contributed by atoms with Crippen LogP contribution in [0.2, 0.25) is 0 Å². The van der Waals surface area contributed by atoms with Crippen LogP contribution in [0.5, 0.6) is 0 Å². The Morgan fingerprint density at radius 3 is 2.57 bits per heavy atom. The standard InChI is InChI=1S/C14H16N2O5/c1-3-15-9-11(14(18)21-4-2)13(17)10-7-5-6-8-12(10)16(19)20/h5-9,15H,3-4H2,1-2H3. The lowest BCUT2D eigenvalue weighted by molar-refractivity contribution is -0.385. The maximum atomic E-state index is 12.4. The van der Waals surface area contributed by atoms with Crippen molar-refractivity contribution in [2.45, 2.75) is 13.8 Å². The largest absolute Gasteiger partial charge is 0.462 e. The van der Waals surface area contributed by atoms with Crippen LogP contribution in [0, 0.1) is 10.1 Å². The number of ether oxygens (including phenoxy) is 1. The second-order valence-electron chi connectivity index (χ2n) is 3.94. The number of rotatable bonds is 7. The van der Waals surface area contributed by atoms with Gasteiger partial charge in [0.1, 0.15) is 11.1 Å². The summed E-state index contributed by atoms with van der Waals surface area (Å²) in [5.74, 6) is -1.57. The van der Waals surface area contributed by atoms with Gasteiger partial charge in [-0.15, -0.1) is 0 Å². The first-order valence-electron chi connectivity index (χ1n) is 6.41. The molecular formula is C14H16N2O5. The summed E-state index contributed by atoms with van der Waals surface area (Å²) >= 11 is 0. The van der Waals surface area contributed by atoms with Crippen LogP contribution in [0.4, 0.5) is 5.69 Å². The van der Waals surface area contributed by atoms with Gasteiger partial charge in [-0.1, -0.05) is 12.1 Å². The summed E-state index contributed by atoms with van der Waals surface area (Å²) in [6.45, 7) is 3.99. The van der Waals surface area contributed by atoms with Crippen LogP contribution in [0.15, 0.2) is 36.0 Å². The van der Waals surface area contributed by atoms with Crippen LogP contribution in [0.3, 0.4) is 0 Å². The second-order valence-corrected chi connectivity index (χ2v) is 3.94. The molecule has 7 nitrogen and oxygen atoms in total. The number of benzene rings is 1. The summed E-state index contributed by atoms with van der Waals surface area (Å²) in [7, 11) is 0. The first kappa shape index (κ1) is 16.4. The van der Waals surface area contributed by atoms with E-state index in [2.05, 4.69) is 5.32 Å². The normalized spacial score (nSPS) is 10.9. The van der Waals surface area contributed by atoms with E-state index in [1.165, 1.54) is 30.5 Å². The molecule has 1 aromatic rings. The van der Waals surface area contributed by atoms with Gasteiger partial charge in [-0.2, -0.15) is 0 Å². The molecular weight excluding hydrogens is 276 g/mol. The van der Waals surface area contributed by atoms with Crippen molar-refractivity contribution in [3.63, 3.8) is 0 Å². The van der Waals surface area contributed by atoms with Crippen LogP contribution in [0.1, 0.15) is 24.2 Å². The number of ketones is 1. The Balaban J connectivity index is 3.23. The number of carbonyl (C=O) groups is 2. The van der Waals surface area contributed by atoms with E-state index in [9.17, 15) is 19.7 Å². The lowest BCUT2D eigenvalue weighted by Crippen LogP contribution is -2.20. The monoisotopic (exact) mass is 292 g/mol. The number of hydrogen-bond acceptors (Lipinski definition) is 6. The van der Waals surface area contributed by atoms with Crippen molar-refractivity contribution in [2.24, 2.45) is 0 Å². The van der Waals surface area contributed by atoms with E-state index in [0.29, 0.717) is 6.54 Å². The molecule has 0 fully saturated rings. The SMILES string of the molecule is CCNC=C(C(=O)OCC)C(=O)c1ccccc1[N+](=O)[O-]. The maximum Gasteiger partial charge on any atom is 0.343 e. The molecule has 112 valence electrons. The van der Waals surface area contributed by atoms with Crippen LogP contribution >= 0.6 is 0 Å². The van der Waals surface area contributed by atoms with E-state index in [0.717, 1.165) is 0 Å². The molecule has 0 amide bonds. The number of nitro benzene ring substituents is 1. The molecule has 0 aromatic heterocycles. The van der Waals surface area contributed by atoms with E-state index in [-0.39, 0.29) is 23.4 Å². The Hall–Kier alpha value is -2.70. The van der Waals surface area contributed by atoms with Crippen molar-refractivity contribution in [3.05, 3.63) is 51.7 Å². The van der Waals surface area contributed by atoms with Crippen molar-refractivity contribution in [1.82, 2.24) is 5.32 Å². The van der Waals surface area contributed by atoms with E-state index < -0.39 is 16.7 Å². The zero-order valence-corrected chi connectivity index (χ0v) is 11.8.